The van der Waals surface area contributed by atoms with Gasteiger partial charge in [-0.2, -0.15) is 0 Å². The highest BCUT2D eigenvalue weighted by atomic mass is 16.5. The van der Waals surface area contributed by atoms with Crippen molar-refractivity contribution in [1.29, 1.82) is 0 Å². The lowest BCUT2D eigenvalue weighted by molar-refractivity contribution is 0.323. The number of ether oxygens (including phenoxy) is 2. The van der Waals surface area contributed by atoms with Crippen LogP contribution >= 0.6 is 0 Å². The Morgan fingerprint density at radius 1 is 1.20 bits per heavy atom. The molecule has 5 nitrogen and oxygen atoms in total. The number of allylic oxidation sites excluding steroid dienone is 3. The second-order valence-electron chi connectivity index (χ2n) is 6.30. The zero-order chi connectivity index (χ0) is 18.4. The minimum atomic E-state index is -0.328. The molecule has 0 aliphatic carbocycles. The van der Waals surface area contributed by atoms with Crippen molar-refractivity contribution in [2.75, 3.05) is 19.5 Å². The molecule has 0 bridgehead atoms. The molecule has 2 rings (SSSR count). The number of nitrogens with one attached hydrogen (secondary N) is 1. The topological polar surface area (TPSA) is 77.3 Å². The van der Waals surface area contributed by atoms with Crippen molar-refractivity contribution in [3.63, 3.8) is 0 Å². The number of H-pyrrole nitrogens is 1. The molecule has 0 fully saturated rings. The van der Waals surface area contributed by atoms with E-state index in [2.05, 4.69) is 31.8 Å². The van der Waals surface area contributed by atoms with E-state index in [1.165, 1.54) is 18.3 Å². The van der Waals surface area contributed by atoms with Crippen LogP contribution in [0.15, 0.2) is 46.3 Å². The maximum absolute atomic E-state index is 12.3. The summed E-state index contributed by atoms with van der Waals surface area (Å²) in [6.07, 6.45) is 6.18. The van der Waals surface area contributed by atoms with Gasteiger partial charge in [-0.15, -0.1) is 0 Å². The number of benzene rings is 1. The van der Waals surface area contributed by atoms with Gasteiger partial charge in [0.2, 0.25) is 5.75 Å². The Morgan fingerprint density at radius 2 is 1.96 bits per heavy atom. The van der Waals surface area contributed by atoms with Crippen molar-refractivity contribution in [2.24, 2.45) is 0 Å². The average molecular weight is 342 g/mol. The number of methoxy groups -OCH3 is 1. The molecule has 0 aliphatic rings. The van der Waals surface area contributed by atoms with Crippen molar-refractivity contribution in [1.82, 2.24) is 4.98 Å². The summed E-state index contributed by atoms with van der Waals surface area (Å²) in [5.41, 5.74) is 9.19. The van der Waals surface area contributed by atoms with Crippen LogP contribution in [-0.4, -0.2) is 18.7 Å². The van der Waals surface area contributed by atoms with Crippen LogP contribution in [0.4, 0.5) is 5.69 Å². The Bertz CT molecular complexity index is 859. The Labute approximate surface area is 148 Å². The minimum absolute atomic E-state index is 0.188. The SMILES string of the molecule is COc1c(OCC=C(C)CCC=C(C)C)c(=O)[nH]c2cc(N)ccc12. The van der Waals surface area contributed by atoms with Gasteiger partial charge in [-0.3, -0.25) is 4.79 Å². The summed E-state index contributed by atoms with van der Waals surface area (Å²) in [6.45, 7) is 6.56. The van der Waals surface area contributed by atoms with E-state index in [0.29, 0.717) is 23.6 Å². The molecule has 0 unspecified atom stereocenters. The fraction of sp³-hybridized carbons (Fsp3) is 0.350. The number of nitrogen functional groups attached to an aromatic ring is 1. The monoisotopic (exact) mass is 342 g/mol. The molecule has 1 heterocycles. The maximum atomic E-state index is 12.3. The van der Waals surface area contributed by atoms with E-state index >= 15 is 0 Å². The molecule has 5 heteroatoms. The van der Waals surface area contributed by atoms with E-state index in [4.69, 9.17) is 15.2 Å². The van der Waals surface area contributed by atoms with Crippen LogP contribution < -0.4 is 20.8 Å². The van der Waals surface area contributed by atoms with Gasteiger partial charge in [0.1, 0.15) is 6.61 Å². The van der Waals surface area contributed by atoms with Gasteiger partial charge >= 0.3 is 0 Å². The number of hydrogen-bond acceptors (Lipinski definition) is 4. The molecule has 2 aromatic rings. The summed E-state index contributed by atoms with van der Waals surface area (Å²) >= 11 is 0. The quantitative estimate of drug-likeness (QED) is 0.584. The predicted octanol–water partition coefficient (Wildman–Crippen LogP) is 4.19. The Balaban J connectivity index is 2.18. The van der Waals surface area contributed by atoms with Crippen LogP contribution in [0.2, 0.25) is 0 Å². The van der Waals surface area contributed by atoms with Crippen LogP contribution in [0, 0.1) is 0 Å². The molecule has 0 aliphatic heterocycles. The third kappa shape index (κ3) is 4.89. The number of anilines is 1. The van der Waals surface area contributed by atoms with Gasteiger partial charge in [-0.05, 0) is 57.9 Å². The van der Waals surface area contributed by atoms with Crippen LogP contribution in [0.1, 0.15) is 33.6 Å². The van der Waals surface area contributed by atoms with E-state index in [0.717, 1.165) is 18.2 Å². The zero-order valence-electron chi connectivity index (χ0n) is 15.3. The van der Waals surface area contributed by atoms with Gasteiger partial charge in [-0.1, -0.05) is 17.2 Å². The second kappa shape index (κ2) is 8.42. The lowest BCUT2D eigenvalue weighted by atomic mass is 10.1. The predicted molar refractivity (Wildman–Crippen MR) is 103 cm³/mol. The van der Waals surface area contributed by atoms with Crippen LogP contribution in [0.25, 0.3) is 10.9 Å². The smallest absolute Gasteiger partial charge is 0.294 e. The summed E-state index contributed by atoms with van der Waals surface area (Å²) in [5.74, 6) is 0.613. The highest BCUT2D eigenvalue weighted by molar-refractivity contribution is 5.89. The molecule has 0 radical (unpaired) electrons. The van der Waals surface area contributed by atoms with Crippen molar-refractivity contribution >= 4 is 16.6 Å². The standard InChI is InChI=1S/C20H26N2O3/c1-13(2)6-5-7-14(3)10-11-25-19-18(24-4)16-9-8-15(21)12-17(16)22-20(19)23/h6,8-10,12H,5,7,11,21H2,1-4H3,(H,22,23). The van der Waals surface area contributed by atoms with E-state index < -0.39 is 0 Å². The molecule has 25 heavy (non-hydrogen) atoms. The summed E-state index contributed by atoms with van der Waals surface area (Å²) in [6, 6.07) is 5.28. The Hall–Kier alpha value is -2.69. The van der Waals surface area contributed by atoms with Crippen LogP contribution in [0.3, 0.4) is 0 Å². The molecule has 0 saturated carbocycles. The minimum Gasteiger partial charge on any atom is -0.492 e. The summed E-state index contributed by atoms with van der Waals surface area (Å²) in [5, 5.41) is 0.760. The van der Waals surface area contributed by atoms with E-state index in [1.807, 2.05) is 12.1 Å². The van der Waals surface area contributed by atoms with Gasteiger partial charge in [0.25, 0.3) is 5.56 Å². The van der Waals surface area contributed by atoms with Crippen molar-refractivity contribution in [3.8, 4) is 11.5 Å². The maximum Gasteiger partial charge on any atom is 0.294 e. The first-order chi connectivity index (χ1) is 11.9. The van der Waals surface area contributed by atoms with Crippen molar-refractivity contribution < 1.29 is 9.47 Å². The fourth-order valence-electron chi connectivity index (χ4n) is 2.56. The number of rotatable bonds is 7. The number of fused-ring (bicyclic) bond motifs is 1. The molecule has 0 saturated heterocycles. The normalized spacial score (nSPS) is 11.4. The molecule has 1 aromatic heterocycles. The van der Waals surface area contributed by atoms with E-state index in [1.54, 1.807) is 12.1 Å². The third-order valence-corrected chi connectivity index (χ3v) is 3.90. The largest absolute Gasteiger partial charge is 0.492 e. The van der Waals surface area contributed by atoms with Crippen molar-refractivity contribution in [2.45, 2.75) is 33.6 Å². The third-order valence-electron chi connectivity index (χ3n) is 3.90. The second-order valence-corrected chi connectivity index (χ2v) is 6.30. The lowest BCUT2D eigenvalue weighted by Gasteiger charge is -2.12. The molecular weight excluding hydrogens is 316 g/mol. The molecule has 3 N–H and O–H groups in total. The summed E-state index contributed by atoms with van der Waals surface area (Å²) in [7, 11) is 1.53. The number of aromatic nitrogens is 1. The molecule has 0 amide bonds. The van der Waals surface area contributed by atoms with Gasteiger partial charge in [0, 0.05) is 11.1 Å². The lowest BCUT2D eigenvalue weighted by Crippen LogP contribution is -2.13. The highest BCUT2D eigenvalue weighted by Crippen LogP contribution is 2.32. The number of pyridine rings is 1. The van der Waals surface area contributed by atoms with Gasteiger partial charge in [0.15, 0.2) is 5.75 Å². The molecule has 0 spiro atoms. The Kier molecular flexibility index (Phi) is 6.28. The molecule has 0 atom stereocenters. The first-order valence-electron chi connectivity index (χ1n) is 8.33. The summed E-state index contributed by atoms with van der Waals surface area (Å²) < 4.78 is 11.1. The number of nitrogens with two attached hydrogens (primary N) is 1. The van der Waals surface area contributed by atoms with E-state index in [9.17, 15) is 4.79 Å². The van der Waals surface area contributed by atoms with Crippen LogP contribution in [-0.2, 0) is 0 Å². The average Bonchev–Trinajstić information content (AvgIpc) is 2.54. The van der Waals surface area contributed by atoms with Crippen molar-refractivity contribution in [3.05, 3.63) is 51.9 Å². The highest BCUT2D eigenvalue weighted by Gasteiger charge is 2.14. The summed E-state index contributed by atoms with van der Waals surface area (Å²) in [4.78, 5) is 15.1. The first-order valence-corrected chi connectivity index (χ1v) is 8.33. The number of hydrogen-bond donors (Lipinski definition) is 2. The molecule has 1 aromatic carbocycles. The van der Waals surface area contributed by atoms with Crippen LogP contribution in [0.5, 0.6) is 11.5 Å². The molecule has 134 valence electrons. The van der Waals surface area contributed by atoms with E-state index in [-0.39, 0.29) is 11.3 Å². The first kappa shape index (κ1) is 18.6. The van der Waals surface area contributed by atoms with Gasteiger partial charge < -0.3 is 20.2 Å². The molecular formula is C20H26N2O3. The van der Waals surface area contributed by atoms with Gasteiger partial charge in [0.05, 0.1) is 12.6 Å². The number of aromatic amines is 1. The zero-order valence-corrected chi connectivity index (χ0v) is 15.3. The fourth-order valence-corrected chi connectivity index (χ4v) is 2.56. The Morgan fingerprint density at radius 3 is 2.64 bits per heavy atom. The van der Waals surface area contributed by atoms with Gasteiger partial charge in [-0.25, -0.2) is 0 Å².